The van der Waals surface area contributed by atoms with Crippen molar-refractivity contribution in [3.05, 3.63) is 88.8 Å². The van der Waals surface area contributed by atoms with E-state index < -0.39 is 0 Å². The lowest BCUT2D eigenvalue weighted by atomic mass is 9.80. The van der Waals surface area contributed by atoms with E-state index in [1.807, 2.05) is 30.3 Å². The van der Waals surface area contributed by atoms with Crippen molar-refractivity contribution >= 4 is 10.8 Å². The van der Waals surface area contributed by atoms with E-state index in [-0.39, 0.29) is 17.2 Å². The lowest BCUT2D eigenvalue weighted by Crippen LogP contribution is -2.21. The summed E-state index contributed by atoms with van der Waals surface area (Å²) >= 11 is 0. The molecule has 0 spiro atoms. The average Bonchev–Trinajstić information content (AvgIpc) is 2.66. The molecule has 3 aromatic carbocycles. The van der Waals surface area contributed by atoms with Crippen molar-refractivity contribution in [2.45, 2.75) is 32.1 Å². The van der Waals surface area contributed by atoms with Crippen molar-refractivity contribution in [2.75, 3.05) is 0 Å². The Morgan fingerprint density at radius 1 is 0.963 bits per heavy atom. The summed E-state index contributed by atoms with van der Waals surface area (Å²) in [6.07, 6.45) is 0. The maximum Gasteiger partial charge on any atom is 0.205 e. The monoisotopic (exact) mass is 354 g/mol. The molecule has 4 rings (SSSR count). The summed E-state index contributed by atoms with van der Waals surface area (Å²) < 4.78 is 5.91. The second kappa shape index (κ2) is 6.17. The fraction of sp³-hybridized carbons (Fsp3) is 0.208. The normalized spacial score (nSPS) is 16.6. The predicted octanol–water partition coefficient (Wildman–Crippen LogP) is 5.36. The highest BCUT2D eigenvalue weighted by atomic mass is 16.5. The molecule has 1 aliphatic heterocycles. The van der Waals surface area contributed by atoms with E-state index >= 15 is 0 Å². The molecule has 1 atom stereocenters. The lowest BCUT2D eigenvalue weighted by molar-refractivity contribution is 0.398. The minimum absolute atomic E-state index is 0.0786. The van der Waals surface area contributed by atoms with Gasteiger partial charge in [-0.05, 0) is 21.9 Å². The predicted molar refractivity (Wildman–Crippen MR) is 108 cm³/mol. The van der Waals surface area contributed by atoms with Gasteiger partial charge in [0.15, 0.2) is 0 Å². The first-order valence-electron chi connectivity index (χ1n) is 9.10. The fourth-order valence-electron chi connectivity index (χ4n) is 3.71. The Bertz CT molecular complexity index is 1100. The number of benzene rings is 3. The number of hydrogen-bond donors (Lipinski definition) is 1. The summed E-state index contributed by atoms with van der Waals surface area (Å²) in [4.78, 5) is 0. The van der Waals surface area contributed by atoms with Gasteiger partial charge in [0.1, 0.15) is 17.4 Å². The SMILES string of the molecule is CC(C)(C)c1ccc(C2C(C#N)=C(N)Oc3c2ccc2ccccc32)cc1. The van der Waals surface area contributed by atoms with Crippen LogP contribution in [0.15, 0.2) is 72.1 Å². The van der Waals surface area contributed by atoms with Crippen LogP contribution in [0.4, 0.5) is 0 Å². The van der Waals surface area contributed by atoms with E-state index in [2.05, 4.69) is 57.2 Å². The highest BCUT2D eigenvalue weighted by Gasteiger charge is 2.31. The second-order valence-corrected chi connectivity index (χ2v) is 8.00. The minimum atomic E-state index is -0.225. The fourth-order valence-corrected chi connectivity index (χ4v) is 3.71. The van der Waals surface area contributed by atoms with Gasteiger partial charge in [-0.1, -0.05) is 81.4 Å². The highest BCUT2D eigenvalue weighted by Crippen LogP contribution is 2.45. The van der Waals surface area contributed by atoms with Gasteiger partial charge in [-0.25, -0.2) is 0 Å². The van der Waals surface area contributed by atoms with Crippen LogP contribution in [0, 0.1) is 11.3 Å². The van der Waals surface area contributed by atoms with E-state index in [1.54, 1.807) is 0 Å². The Kier molecular flexibility index (Phi) is 3.93. The number of fused-ring (bicyclic) bond motifs is 3. The Balaban J connectivity index is 1.92. The van der Waals surface area contributed by atoms with Gasteiger partial charge in [-0.15, -0.1) is 0 Å². The molecular weight excluding hydrogens is 332 g/mol. The summed E-state index contributed by atoms with van der Waals surface area (Å²) in [7, 11) is 0. The lowest BCUT2D eigenvalue weighted by Gasteiger charge is -2.28. The van der Waals surface area contributed by atoms with Crippen LogP contribution in [0.25, 0.3) is 10.8 Å². The third kappa shape index (κ3) is 2.84. The molecule has 134 valence electrons. The molecule has 3 heteroatoms. The van der Waals surface area contributed by atoms with Crippen LogP contribution in [-0.4, -0.2) is 0 Å². The number of hydrogen-bond acceptors (Lipinski definition) is 3. The molecular formula is C24H22N2O. The zero-order valence-electron chi connectivity index (χ0n) is 15.8. The largest absolute Gasteiger partial charge is 0.440 e. The summed E-state index contributed by atoms with van der Waals surface area (Å²) in [5.41, 5.74) is 9.97. The van der Waals surface area contributed by atoms with Crippen molar-refractivity contribution in [2.24, 2.45) is 5.73 Å². The third-order valence-corrected chi connectivity index (χ3v) is 5.22. The van der Waals surface area contributed by atoms with Crippen molar-refractivity contribution < 1.29 is 4.74 Å². The summed E-state index contributed by atoms with van der Waals surface area (Å²) in [5.74, 6) is 0.707. The van der Waals surface area contributed by atoms with Gasteiger partial charge >= 0.3 is 0 Å². The molecule has 0 radical (unpaired) electrons. The summed E-state index contributed by atoms with van der Waals surface area (Å²) in [5, 5.41) is 11.8. The van der Waals surface area contributed by atoms with E-state index in [0.29, 0.717) is 5.57 Å². The van der Waals surface area contributed by atoms with E-state index in [0.717, 1.165) is 27.6 Å². The number of rotatable bonds is 1. The quantitative estimate of drug-likeness (QED) is 0.640. The number of allylic oxidation sites excluding steroid dienone is 1. The summed E-state index contributed by atoms with van der Waals surface area (Å²) in [6.45, 7) is 6.57. The first kappa shape index (κ1) is 17.2. The standard InChI is InChI=1S/C24H22N2O/c1-24(2,3)17-11-8-16(9-12-17)21-19-13-10-15-6-4-5-7-18(15)22(19)27-23(26)20(21)14-25/h4-13,21H,26H2,1-3H3. The molecule has 0 bridgehead atoms. The maximum absolute atomic E-state index is 9.75. The Hall–Kier alpha value is -3.25. The van der Waals surface area contributed by atoms with Crippen LogP contribution in [0.1, 0.15) is 43.4 Å². The molecule has 0 fully saturated rings. The van der Waals surface area contributed by atoms with Crippen molar-refractivity contribution in [3.63, 3.8) is 0 Å². The average molecular weight is 354 g/mol. The number of ether oxygens (including phenoxy) is 1. The maximum atomic E-state index is 9.75. The Morgan fingerprint density at radius 2 is 1.67 bits per heavy atom. The van der Waals surface area contributed by atoms with Crippen LogP contribution in [-0.2, 0) is 5.41 Å². The van der Waals surface area contributed by atoms with E-state index in [9.17, 15) is 5.26 Å². The molecule has 0 amide bonds. The van der Waals surface area contributed by atoms with Crippen molar-refractivity contribution in [1.82, 2.24) is 0 Å². The number of nitriles is 1. The molecule has 1 heterocycles. The molecule has 0 saturated carbocycles. The van der Waals surface area contributed by atoms with E-state index in [4.69, 9.17) is 10.5 Å². The van der Waals surface area contributed by atoms with Gasteiger partial charge < -0.3 is 10.5 Å². The molecule has 2 N–H and O–H groups in total. The van der Waals surface area contributed by atoms with Gasteiger partial charge in [0.05, 0.1) is 5.92 Å². The molecule has 3 aromatic rings. The number of nitrogens with zero attached hydrogens (tertiary/aromatic N) is 1. The van der Waals surface area contributed by atoms with Crippen molar-refractivity contribution in [3.8, 4) is 11.8 Å². The zero-order valence-corrected chi connectivity index (χ0v) is 15.8. The topological polar surface area (TPSA) is 59.0 Å². The first-order chi connectivity index (χ1) is 12.9. The molecule has 0 aromatic heterocycles. The molecule has 1 aliphatic rings. The number of nitrogens with two attached hydrogens (primary N) is 1. The van der Waals surface area contributed by atoms with Gasteiger partial charge in [0, 0.05) is 10.9 Å². The van der Waals surface area contributed by atoms with Gasteiger partial charge in [-0.2, -0.15) is 5.26 Å². The molecule has 1 unspecified atom stereocenters. The van der Waals surface area contributed by atoms with Crippen LogP contribution < -0.4 is 10.5 Å². The van der Waals surface area contributed by atoms with Gasteiger partial charge in [-0.3, -0.25) is 0 Å². The van der Waals surface area contributed by atoms with Crippen LogP contribution >= 0.6 is 0 Å². The van der Waals surface area contributed by atoms with Crippen LogP contribution in [0.3, 0.4) is 0 Å². The van der Waals surface area contributed by atoms with Gasteiger partial charge in [0.2, 0.25) is 5.88 Å². The molecule has 0 aliphatic carbocycles. The minimum Gasteiger partial charge on any atom is -0.440 e. The van der Waals surface area contributed by atoms with Crippen LogP contribution in [0.2, 0.25) is 0 Å². The molecule has 27 heavy (non-hydrogen) atoms. The molecule has 3 nitrogen and oxygen atoms in total. The Morgan fingerprint density at radius 3 is 2.33 bits per heavy atom. The van der Waals surface area contributed by atoms with Crippen molar-refractivity contribution in [1.29, 1.82) is 5.26 Å². The summed E-state index contributed by atoms with van der Waals surface area (Å²) in [6, 6.07) is 22.9. The van der Waals surface area contributed by atoms with Gasteiger partial charge in [0.25, 0.3) is 0 Å². The Labute approximate surface area is 159 Å². The van der Waals surface area contributed by atoms with E-state index in [1.165, 1.54) is 5.56 Å². The smallest absolute Gasteiger partial charge is 0.205 e. The highest BCUT2D eigenvalue weighted by molar-refractivity contribution is 5.90. The third-order valence-electron chi connectivity index (χ3n) is 5.22. The zero-order chi connectivity index (χ0) is 19.2. The van der Waals surface area contributed by atoms with Crippen LogP contribution in [0.5, 0.6) is 5.75 Å². The second-order valence-electron chi connectivity index (χ2n) is 8.00. The first-order valence-corrected chi connectivity index (χ1v) is 9.10. The molecule has 0 saturated heterocycles.